The van der Waals surface area contributed by atoms with Gasteiger partial charge in [-0.2, -0.15) is 0 Å². The molecular weight excluding hydrogens is 834 g/mol. The minimum absolute atomic E-state index is 0.0201. The number of hydrogen-bond donors (Lipinski definition) is 0. The molecular formula is C65H80BN3. The molecule has 0 N–H and O–H groups in total. The van der Waals surface area contributed by atoms with Crippen molar-refractivity contribution in [1.29, 1.82) is 0 Å². The smallest absolute Gasteiger partial charge is 0.252 e. The minimum Gasteiger partial charge on any atom is -0.334 e. The van der Waals surface area contributed by atoms with E-state index < -0.39 is 0 Å². The SMILES string of the molecule is CC(C)(C)c1ccc(N2c3ccc(C(C)(C)C)cc3B3c4ccc(C(C)(C)C)cc4N(c4cccc(C(C)(C)C)c4)c4cc(N5c6ccc(C(C)(C)C)cc6C6(C)CCCCCC56C)cc2c43)cc1. The Labute approximate surface area is 417 Å². The molecule has 4 aliphatic rings. The number of rotatable bonds is 3. The summed E-state index contributed by atoms with van der Waals surface area (Å²) in [6.45, 7) is 40.6. The predicted octanol–water partition coefficient (Wildman–Crippen LogP) is 16.4. The molecule has 10 rings (SSSR count). The van der Waals surface area contributed by atoms with Crippen LogP contribution in [-0.2, 0) is 32.5 Å². The first-order valence-corrected chi connectivity index (χ1v) is 26.3. The molecule has 3 heterocycles. The van der Waals surface area contributed by atoms with E-state index in [-0.39, 0.29) is 44.7 Å². The van der Waals surface area contributed by atoms with E-state index in [1.54, 1.807) is 0 Å². The molecule has 0 bridgehead atoms. The van der Waals surface area contributed by atoms with Crippen LogP contribution in [0.25, 0.3) is 0 Å². The highest BCUT2D eigenvalue weighted by Gasteiger charge is 2.57. The Morgan fingerprint density at radius 2 is 0.899 bits per heavy atom. The first-order chi connectivity index (χ1) is 32.1. The van der Waals surface area contributed by atoms with Gasteiger partial charge >= 0.3 is 0 Å². The molecule has 2 atom stereocenters. The van der Waals surface area contributed by atoms with Crippen molar-refractivity contribution in [3.8, 4) is 0 Å². The monoisotopic (exact) mass is 914 g/mol. The molecule has 3 aliphatic heterocycles. The fourth-order valence-corrected chi connectivity index (χ4v) is 12.6. The van der Waals surface area contributed by atoms with Gasteiger partial charge in [0.05, 0.1) is 5.54 Å². The average molecular weight is 914 g/mol. The Balaban J connectivity index is 1.36. The Morgan fingerprint density at radius 3 is 1.51 bits per heavy atom. The number of benzene rings is 6. The van der Waals surface area contributed by atoms with Gasteiger partial charge < -0.3 is 14.7 Å². The zero-order chi connectivity index (χ0) is 49.6. The fourth-order valence-electron chi connectivity index (χ4n) is 12.6. The number of hydrogen-bond acceptors (Lipinski definition) is 3. The predicted molar refractivity (Wildman–Crippen MR) is 301 cm³/mol. The van der Waals surface area contributed by atoms with Crippen LogP contribution < -0.4 is 31.1 Å². The number of anilines is 8. The van der Waals surface area contributed by atoms with E-state index in [9.17, 15) is 0 Å². The molecule has 1 aliphatic carbocycles. The highest BCUT2D eigenvalue weighted by atomic mass is 15.3. The Morgan fingerprint density at radius 1 is 0.391 bits per heavy atom. The van der Waals surface area contributed by atoms with Gasteiger partial charge in [-0.3, -0.25) is 0 Å². The molecule has 0 spiro atoms. The van der Waals surface area contributed by atoms with E-state index in [4.69, 9.17) is 0 Å². The molecule has 69 heavy (non-hydrogen) atoms. The Hall–Kier alpha value is -5.22. The lowest BCUT2D eigenvalue weighted by Gasteiger charge is -2.49. The van der Waals surface area contributed by atoms with Crippen LogP contribution in [0.15, 0.2) is 115 Å². The summed E-state index contributed by atoms with van der Waals surface area (Å²) >= 11 is 0. The minimum atomic E-state index is -0.140. The van der Waals surface area contributed by atoms with Crippen LogP contribution in [0.1, 0.15) is 183 Å². The lowest BCUT2D eigenvalue weighted by atomic mass is 9.33. The van der Waals surface area contributed by atoms with Crippen LogP contribution in [-0.4, -0.2) is 12.3 Å². The summed E-state index contributed by atoms with van der Waals surface area (Å²) < 4.78 is 0. The second-order valence-corrected chi connectivity index (χ2v) is 27.1. The van der Waals surface area contributed by atoms with Crippen molar-refractivity contribution in [2.45, 2.75) is 188 Å². The summed E-state index contributed by atoms with van der Waals surface area (Å²) in [5.74, 6) is 0. The van der Waals surface area contributed by atoms with Gasteiger partial charge in [0.25, 0.3) is 6.71 Å². The van der Waals surface area contributed by atoms with Gasteiger partial charge in [-0.25, -0.2) is 0 Å². The van der Waals surface area contributed by atoms with E-state index in [0.717, 1.165) is 6.42 Å². The summed E-state index contributed by atoms with van der Waals surface area (Å²) in [6, 6.07) is 46.6. The summed E-state index contributed by atoms with van der Waals surface area (Å²) in [7, 11) is 0. The highest BCUT2D eigenvalue weighted by Crippen LogP contribution is 2.61. The molecule has 0 saturated heterocycles. The first-order valence-electron chi connectivity index (χ1n) is 26.3. The molecule has 0 aromatic heterocycles. The van der Waals surface area contributed by atoms with Gasteiger partial charge in [-0.15, -0.1) is 0 Å². The average Bonchev–Trinajstić information content (AvgIpc) is 3.33. The zero-order valence-electron chi connectivity index (χ0n) is 45.4. The molecule has 0 amide bonds. The van der Waals surface area contributed by atoms with Gasteiger partial charge in [0, 0.05) is 50.9 Å². The van der Waals surface area contributed by atoms with Crippen LogP contribution in [0.5, 0.6) is 0 Å². The second kappa shape index (κ2) is 15.6. The maximum atomic E-state index is 2.84. The normalized spacial score (nSPS) is 20.2. The van der Waals surface area contributed by atoms with Crippen molar-refractivity contribution < 1.29 is 0 Å². The molecule has 0 radical (unpaired) electrons. The molecule has 6 aromatic carbocycles. The van der Waals surface area contributed by atoms with Crippen LogP contribution in [0.3, 0.4) is 0 Å². The molecule has 3 nitrogen and oxygen atoms in total. The third kappa shape index (κ3) is 7.59. The van der Waals surface area contributed by atoms with E-state index in [1.807, 2.05) is 0 Å². The largest absolute Gasteiger partial charge is 0.334 e. The van der Waals surface area contributed by atoms with E-state index in [0.29, 0.717) is 0 Å². The van der Waals surface area contributed by atoms with E-state index >= 15 is 0 Å². The van der Waals surface area contributed by atoms with E-state index in [2.05, 4.69) is 248 Å². The van der Waals surface area contributed by atoms with Crippen LogP contribution in [0.2, 0.25) is 0 Å². The maximum Gasteiger partial charge on any atom is 0.252 e. The highest BCUT2D eigenvalue weighted by molar-refractivity contribution is 7.00. The molecule has 6 aromatic rings. The molecule has 4 heteroatoms. The standard InChI is InChI=1S/C65H80BN3/c1-59(2,3)42-24-29-47(30-25-42)67-54-33-28-45(62(10,11)12)38-52(54)66-51-31-26-46(63(13,14)15)39-55(51)68(48-23-21-22-43(36-48)60(4,5)6)57-41-49(40-56(67)58(57)66)69-53-32-27-44(61(7,8)9)37-50(53)64(16)34-19-18-20-35-65(64,69)17/h21-33,36-41H,18-20,34-35H2,1-17H3. The first kappa shape index (κ1) is 47.5. The number of nitrogens with zero attached hydrogens (tertiary/aromatic N) is 3. The van der Waals surface area contributed by atoms with Gasteiger partial charge in [0.2, 0.25) is 0 Å². The zero-order valence-corrected chi connectivity index (χ0v) is 45.4. The summed E-state index contributed by atoms with van der Waals surface area (Å²) in [5.41, 5.74) is 22.5. The van der Waals surface area contributed by atoms with Crippen molar-refractivity contribution >= 4 is 68.6 Å². The van der Waals surface area contributed by atoms with Crippen LogP contribution >= 0.6 is 0 Å². The van der Waals surface area contributed by atoms with Gasteiger partial charge in [0.15, 0.2) is 0 Å². The van der Waals surface area contributed by atoms with Crippen molar-refractivity contribution in [3.63, 3.8) is 0 Å². The molecule has 1 fully saturated rings. The van der Waals surface area contributed by atoms with E-state index in [1.165, 1.54) is 121 Å². The van der Waals surface area contributed by atoms with Crippen molar-refractivity contribution in [2.24, 2.45) is 0 Å². The second-order valence-electron chi connectivity index (χ2n) is 27.1. The summed E-state index contributed by atoms with van der Waals surface area (Å²) in [5, 5.41) is 0. The lowest BCUT2D eigenvalue weighted by molar-refractivity contribution is 0.261. The Bertz CT molecular complexity index is 2990. The quantitative estimate of drug-likeness (QED) is 0.164. The lowest BCUT2D eigenvalue weighted by Crippen LogP contribution is -2.61. The van der Waals surface area contributed by atoms with Crippen LogP contribution in [0.4, 0.5) is 45.5 Å². The maximum absolute atomic E-state index is 2.84. The van der Waals surface area contributed by atoms with Crippen LogP contribution in [0, 0.1) is 0 Å². The Kier molecular flexibility index (Phi) is 10.8. The summed E-state index contributed by atoms with van der Waals surface area (Å²) in [4.78, 5) is 8.15. The summed E-state index contributed by atoms with van der Waals surface area (Å²) in [6.07, 6.45) is 6.09. The molecule has 1 saturated carbocycles. The number of fused-ring (bicyclic) bond motifs is 7. The molecule has 2 unspecified atom stereocenters. The third-order valence-corrected chi connectivity index (χ3v) is 17.2. The van der Waals surface area contributed by atoms with Crippen molar-refractivity contribution in [1.82, 2.24) is 0 Å². The fraction of sp³-hybridized carbons (Fsp3) is 0.446. The topological polar surface area (TPSA) is 9.72 Å². The molecule has 358 valence electrons. The van der Waals surface area contributed by atoms with Crippen molar-refractivity contribution in [3.05, 3.63) is 149 Å². The van der Waals surface area contributed by atoms with Gasteiger partial charge in [-0.05, 0) is 151 Å². The van der Waals surface area contributed by atoms with Gasteiger partial charge in [0.1, 0.15) is 0 Å². The van der Waals surface area contributed by atoms with Gasteiger partial charge in [-0.1, -0.05) is 191 Å². The third-order valence-electron chi connectivity index (χ3n) is 17.2. The van der Waals surface area contributed by atoms with Crippen molar-refractivity contribution in [2.75, 3.05) is 14.7 Å².